The minimum atomic E-state index is -1.15. The standard InChI is InChI=1S/C44H66N2O5/c1-27(2)36-31(47)24-44(21-23-46-28(3)29-12-11-22-45-26-29)20-19-42(9)30(37(36)44)13-14-33-41(8)17-16-34(51-35(48)25-39(4,5)38(49)50)40(6,7)32(41)15-18-43(33,42)10/h11-12,22,26-28,30,32-34,46H,13-21,23-25H2,1-10H3,(H,49,50)/t28-,30+,32-,33?,34-,41-,42+,43+,44+/m0/s1. The van der Waals surface area contributed by atoms with Gasteiger partial charge in [0.15, 0.2) is 5.78 Å². The largest absolute Gasteiger partial charge is 0.481 e. The first-order valence-electron chi connectivity index (χ1n) is 20.1. The van der Waals surface area contributed by atoms with E-state index in [0.717, 1.165) is 63.5 Å². The number of fused-ring (bicyclic) bond motifs is 7. The van der Waals surface area contributed by atoms with Gasteiger partial charge in [-0.3, -0.25) is 19.4 Å². The molecule has 282 valence electrons. The minimum absolute atomic E-state index is 0.0496. The molecule has 6 rings (SSSR count). The van der Waals surface area contributed by atoms with Crippen molar-refractivity contribution in [2.24, 2.45) is 56.2 Å². The Kier molecular flexibility index (Phi) is 9.80. The summed E-state index contributed by atoms with van der Waals surface area (Å²) in [4.78, 5) is 43.2. The van der Waals surface area contributed by atoms with Gasteiger partial charge in [0.25, 0.3) is 0 Å². The summed E-state index contributed by atoms with van der Waals surface area (Å²) in [5.74, 6) is 0.654. The number of aromatic nitrogens is 1. The number of hydrogen-bond donors (Lipinski definition) is 2. The van der Waals surface area contributed by atoms with Gasteiger partial charge in [0.2, 0.25) is 0 Å². The lowest BCUT2D eigenvalue weighted by atomic mass is 9.33. The number of esters is 1. The molecular weight excluding hydrogens is 636 g/mol. The molecule has 9 atom stereocenters. The van der Waals surface area contributed by atoms with E-state index in [4.69, 9.17) is 4.74 Å². The van der Waals surface area contributed by atoms with E-state index in [1.165, 1.54) is 12.0 Å². The molecule has 1 aromatic heterocycles. The number of rotatable bonds is 10. The van der Waals surface area contributed by atoms with Crippen LogP contribution in [0.1, 0.15) is 151 Å². The SMILES string of the molecule is CC(C)C1=C2[C@H]3CCC4[C@@]5(C)CC[C@H](OC(=O)CC(C)(C)C(=O)O)C(C)(C)[C@@H]5CC[C@@]4(C)[C@]3(C)CC[C@@]2(CCN[C@@H](C)c2cccnc2)CC1=O. The van der Waals surface area contributed by atoms with Crippen LogP contribution in [0.3, 0.4) is 0 Å². The Balaban J connectivity index is 1.25. The van der Waals surface area contributed by atoms with E-state index in [2.05, 4.69) is 71.8 Å². The summed E-state index contributed by atoms with van der Waals surface area (Å²) < 4.78 is 6.18. The predicted molar refractivity (Wildman–Crippen MR) is 201 cm³/mol. The van der Waals surface area contributed by atoms with Gasteiger partial charge in [0, 0.05) is 35.7 Å². The van der Waals surface area contributed by atoms with Crippen LogP contribution in [-0.4, -0.2) is 40.5 Å². The van der Waals surface area contributed by atoms with Crippen LogP contribution in [0.4, 0.5) is 0 Å². The van der Waals surface area contributed by atoms with Crippen LogP contribution < -0.4 is 5.32 Å². The van der Waals surface area contributed by atoms with Crippen LogP contribution in [0.2, 0.25) is 0 Å². The van der Waals surface area contributed by atoms with Crippen molar-refractivity contribution in [1.82, 2.24) is 10.3 Å². The monoisotopic (exact) mass is 702 g/mol. The molecule has 7 heteroatoms. The number of allylic oxidation sites excluding steroid dienone is 2. The molecule has 1 unspecified atom stereocenters. The number of carbonyl (C=O) groups is 3. The highest BCUT2D eigenvalue weighted by Gasteiger charge is 2.70. The molecule has 0 spiro atoms. The summed E-state index contributed by atoms with van der Waals surface area (Å²) in [6, 6.07) is 4.34. The van der Waals surface area contributed by atoms with Crippen molar-refractivity contribution in [3.05, 3.63) is 41.2 Å². The molecule has 0 saturated heterocycles. The molecule has 2 N–H and O–H groups in total. The maximum absolute atomic E-state index is 14.0. The van der Waals surface area contributed by atoms with Gasteiger partial charge >= 0.3 is 11.9 Å². The molecule has 0 bridgehead atoms. The summed E-state index contributed by atoms with van der Waals surface area (Å²) in [7, 11) is 0. The lowest BCUT2D eigenvalue weighted by molar-refractivity contribution is -0.233. The van der Waals surface area contributed by atoms with E-state index in [1.807, 2.05) is 18.5 Å². The van der Waals surface area contributed by atoms with Crippen molar-refractivity contribution >= 4 is 17.7 Å². The highest BCUT2D eigenvalue weighted by Crippen LogP contribution is 2.77. The second kappa shape index (κ2) is 13.1. The molecule has 5 aliphatic rings. The van der Waals surface area contributed by atoms with E-state index in [9.17, 15) is 19.5 Å². The van der Waals surface area contributed by atoms with Gasteiger partial charge in [-0.2, -0.15) is 0 Å². The van der Waals surface area contributed by atoms with Gasteiger partial charge in [0.1, 0.15) is 6.10 Å². The fraction of sp³-hybridized carbons (Fsp3) is 0.773. The number of carbonyl (C=O) groups excluding carboxylic acids is 2. The number of ketones is 1. The van der Waals surface area contributed by atoms with Gasteiger partial charge in [-0.25, -0.2) is 0 Å². The number of hydrogen-bond acceptors (Lipinski definition) is 6. The van der Waals surface area contributed by atoms with Crippen LogP contribution in [0, 0.1) is 56.2 Å². The van der Waals surface area contributed by atoms with E-state index >= 15 is 0 Å². The Bertz CT molecular complexity index is 1560. The molecular formula is C44H66N2O5. The second-order valence-electron chi connectivity index (χ2n) is 19.9. The average Bonchev–Trinajstić information content (AvgIpc) is 3.35. The number of aliphatic carboxylic acids is 1. The smallest absolute Gasteiger partial charge is 0.309 e. The van der Waals surface area contributed by atoms with Gasteiger partial charge < -0.3 is 15.2 Å². The van der Waals surface area contributed by atoms with E-state index in [1.54, 1.807) is 19.4 Å². The molecule has 0 aliphatic heterocycles. The van der Waals surface area contributed by atoms with Crippen LogP contribution in [0.25, 0.3) is 0 Å². The van der Waals surface area contributed by atoms with Gasteiger partial charge in [-0.15, -0.1) is 0 Å². The van der Waals surface area contributed by atoms with Gasteiger partial charge in [-0.1, -0.05) is 60.1 Å². The summed E-state index contributed by atoms with van der Waals surface area (Å²) in [5, 5.41) is 13.4. The molecule has 0 aromatic carbocycles. The molecule has 1 aromatic rings. The van der Waals surface area contributed by atoms with Crippen LogP contribution >= 0.6 is 0 Å². The molecule has 4 saturated carbocycles. The number of ether oxygens (including phenoxy) is 1. The third-order valence-corrected chi connectivity index (χ3v) is 16.2. The van der Waals surface area contributed by atoms with Crippen molar-refractivity contribution in [1.29, 1.82) is 0 Å². The highest BCUT2D eigenvalue weighted by atomic mass is 16.5. The van der Waals surface area contributed by atoms with Crippen LogP contribution in [-0.2, 0) is 19.1 Å². The quantitative estimate of drug-likeness (QED) is 0.234. The third-order valence-electron chi connectivity index (χ3n) is 16.2. The lowest BCUT2D eigenvalue weighted by Crippen LogP contribution is -2.65. The maximum Gasteiger partial charge on any atom is 0.309 e. The van der Waals surface area contributed by atoms with E-state index in [-0.39, 0.29) is 51.6 Å². The Hall–Kier alpha value is -2.54. The normalized spacial score (nSPS) is 38.0. The first-order valence-corrected chi connectivity index (χ1v) is 20.1. The zero-order chi connectivity index (χ0) is 37.4. The Morgan fingerprint density at radius 1 is 0.980 bits per heavy atom. The number of carboxylic acid groups (broad SMARTS) is 1. The third kappa shape index (κ3) is 6.04. The predicted octanol–water partition coefficient (Wildman–Crippen LogP) is 9.52. The molecule has 51 heavy (non-hydrogen) atoms. The molecule has 0 amide bonds. The maximum atomic E-state index is 14.0. The summed E-state index contributed by atoms with van der Waals surface area (Å²) in [6.45, 7) is 23.1. The number of carboxylic acids is 1. The first kappa shape index (κ1) is 38.2. The number of pyridine rings is 1. The number of nitrogens with zero attached hydrogens (tertiary/aromatic N) is 1. The van der Waals surface area contributed by atoms with Crippen molar-refractivity contribution in [2.75, 3.05) is 6.54 Å². The summed E-state index contributed by atoms with van der Waals surface area (Å²) in [6.07, 6.45) is 13.8. The van der Waals surface area contributed by atoms with E-state index in [0.29, 0.717) is 30.0 Å². The van der Waals surface area contributed by atoms with Gasteiger partial charge in [0.05, 0.1) is 11.8 Å². The van der Waals surface area contributed by atoms with Gasteiger partial charge in [-0.05, 0) is 142 Å². The van der Waals surface area contributed by atoms with Crippen LogP contribution in [0.5, 0.6) is 0 Å². The fourth-order valence-corrected chi connectivity index (χ4v) is 13.2. The first-order chi connectivity index (χ1) is 23.7. The summed E-state index contributed by atoms with van der Waals surface area (Å²) >= 11 is 0. The average molecular weight is 703 g/mol. The number of nitrogens with one attached hydrogen (secondary N) is 1. The molecule has 4 fully saturated rings. The zero-order valence-corrected chi connectivity index (χ0v) is 33.3. The summed E-state index contributed by atoms with van der Waals surface area (Å²) in [5.41, 5.74) is 2.86. The molecule has 5 aliphatic carbocycles. The lowest BCUT2D eigenvalue weighted by Gasteiger charge is -2.72. The molecule has 0 radical (unpaired) electrons. The molecule has 1 heterocycles. The van der Waals surface area contributed by atoms with Crippen molar-refractivity contribution < 1.29 is 24.2 Å². The fourth-order valence-electron chi connectivity index (χ4n) is 13.2. The Morgan fingerprint density at radius 2 is 1.71 bits per heavy atom. The minimum Gasteiger partial charge on any atom is -0.481 e. The van der Waals surface area contributed by atoms with Crippen molar-refractivity contribution in [3.8, 4) is 0 Å². The highest BCUT2D eigenvalue weighted by molar-refractivity contribution is 6.00. The Morgan fingerprint density at radius 3 is 2.35 bits per heavy atom. The zero-order valence-electron chi connectivity index (χ0n) is 33.3. The Labute approximate surface area is 307 Å². The second-order valence-corrected chi connectivity index (χ2v) is 19.9. The van der Waals surface area contributed by atoms with Crippen molar-refractivity contribution in [2.45, 2.75) is 152 Å². The topological polar surface area (TPSA) is 106 Å². The van der Waals surface area contributed by atoms with Crippen molar-refractivity contribution in [3.63, 3.8) is 0 Å². The molecule has 7 nitrogen and oxygen atoms in total. The number of Topliss-reactive ketones (excluding diaryl/α,β-unsaturated/α-hetero) is 1. The van der Waals surface area contributed by atoms with E-state index < -0.39 is 17.4 Å². The van der Waals surface area contributed by atoms with Crippen LogP contribution in [0.15, 0.2) is 35.7 Å².